The Morgan fingerprint density at radius 3 is 2.55 bits per heavy atom. The smallest absolute Gasteiger partial charge is 0.253 e. The molecular formula is C22H26N6O2S. The zero-order valence-electron chi connectivity index (χ0n) is 18.1. The van der Waals surface area contributed by atoms with Gasteiger partial charge in [-0.15, -0.1) is 5.10 Å². The van der Waals surface area contributed by atoms with E-state index in [0.717, 1.165) is 11.3 Å². The molecule has 162 valence electrons. The molecule has 0 bridgehead atoms. The van der Waals surface area contributed by atoms with Crippen molar-refractivity contribution >= 4 is 29.3 Å². The van der Waals surface area contributed by atoms with Crippen molar-refractivity contribution in [3.05, 3.63) is 59.2 Å². The number of benzene rings is 2. The van der Waals surface area contributed by atoms with E-state index in [4.69, 9.17) is 0 Å². The van der Waals surface area contributed by atoms with Crippen LogP contribution in [0.25, 0.3) is 5.69 Å². The molecule has 0 radical (unpaired) electrons. The van der Waals surface area contributed by atoms with Gasteiger partial charge in [0, 0.05) is 24.3 Å². The van der Waals surface area contributed by atoms with Gasteiger partial charge >= 0.3 is 0 Å². The lowest BCUT2D eigenvalue weighted by atomic mass is 10.1. The van der Waals surface area contributed by atoms with Crippen molar-refractivity contribution in [2.75, 3.05) is 24.2 Å². The maximum Gasteiger partial charge on any atom is 0.253 e. The molecule has 31 heavy (non-hydrogen) atoms. The molecule has 3 aromatic rings. The number of aryl methyl sites for hydroxylation is 2. The Morgan fingerprint density at radius 1 is 1.06 bits per heavy atom. The summed E-state index contributed by atoms with van der Waals surface area (Å²) in [7, 11) is 0. The zero-order chi connectivity index (χ0) is 22.4. The topological polar surface area (TPSA) is 93.0 Å². The summed E-state index contributed by atoms with van der Waals surface area (Å²) in [6.45, 7) is 9.23. The van der Waals surface area contributed by atoms with Crippen LogP contribution in [-0.2, 0) is 4.79 Å². The summed E-state index contributed by atoms with van der Waals surface area (Å²) >= 11 is 1.25. The maximum atomic E-state index is 12.5. The summed E-state index contributed by atoms with van der Waals surface area (Å²) in [5.74, 6) is -0.116. The van der Waals surface area contributed by atoms with Crippen LogP contribution in [0.5, 0.6) is 0 Å². The van der Waals surface area contributed by atoms with E-state index in [1.807, 2.05) is 45.9 Å². The molecule has 0 aliphatic heterocycles. The van der Waals surface area contributed by atoms with Gasteiger partial charge in [0.25, 0.3) is 5.91 Å². The molecule has 0 spiro atoms. The summed E-state index contributed by atoms with van der Waals surface area (Å²) in [6, 6.07) is 12.9. The standard InChI is InChI=1S/C22H26N6O2S/c1-5-27(6-2)21(30)17-8-7-9-18(13-17)23-20(29)14-31-22-24-25-26-28(22)19-11-10-15(3)16(4)12-19/h7-13H,5-6,14H2,1-4H3,(H,23,29). The Kier molecular flexibility index (Phi) is 7.41. The van der Waals surface area contributed by atoms with Gasteiger partial charge < -0.3 is 10.2 Å². The first-order valence-corrected chi connectivity index (χ1v) is 11.1. The van der Waals surface area contributed by atoms with E-state index < -0.39 is 0 Å². The van der Waals surface area contributed by atoms with Gasteiger partial charge in [-0.25, -0.2) is 0 Å². The van der Waals surface area contributed by atoms with Crippen molar-refractivity contribution in [1.82, 2.24) is 25.1 Å². The van der Waals surface area contributed by atoms with Crippen LogP contribution in [0.2, 0.25) is 0 Å². The summed E-state index contributed by atoms with van der Waals surface area (Å²) in [5.41, 5.74) is 4.30. The quantitative estimate of drug-likeness (QED) is 0.541. The highest BCUT2D eigenvalue weighted by atomic mass is 32.2. The fourth-order valence-electron chi connectivity index (χ4n) is 3.04. The van der Waals surface area contributed by atoms with E-state index in [1.165, 1.54) is 17.3 Å². The SMILES string of the molecule is CCN(CC)C(=O)c1cccc(NC(=O)CSc2nnnn2-c2ccc(C)c(C)c2)c1. The molecule has 1 aromatic heterocycles. The Hall–Kier alpha value is -3.20. The van der Waals surface area contributed by atoms with Crippen LogP contribution in [0.4, 0.5) is 5.69 Å². The van der Waals surface area contributed by atoms with Crippen molar-refractivity contribution in [1.29, 1.82) is 0 Å². The largest absolute Gasteiger partial charge is 0.339 e. The third kappa shape index (κ3) is 5.49. The average Bonchev–Trinajstić information content (AvgIpc) is 3.24. The van der Waals surface area contributed by atoms with Crippen LogP contribution >= 0.6 is 11.8 Å². The van der Waals surface area contributed by atoms with E-state index >= 15 is 0 Å². The summed E-state index contributed by atoms with van der Waals surface area (Å²) in [6.07, 6.45) is 0. The lowest BCUT2D eigenvalue weighted by Crippen LogP contribution is -2.30. The number of thioether (sulfide) groups is 1. The molecule has 0 atom stereocenters. The first-order chi connectivity index (χ1) is 14.9. The highest BCUT2D eigenvalue weighted by Gasteiger charge is 2.15. The minimum atomic E-state index is -0.202. The zero-order valence-corrected chi connectivity index (χ0v) is 18.9. The highest BCUT2D eigenvalue weighted by molar-refractivity contribution is 7.99. The molecule has 8 nitrogen and oxygen atoms in total. The number of anilines is 1. The number of nitrogens with zero attached hydrogens (tertiary/aromatic N) is 5. The van der Waals surface area contributed by atoms with Crippen LogP contribution in [0.15, 0.2) is 47.6 Å². The molecule has 2 aromatic carbocycles. The Bertz CT molecular complexity index is 1080. The lowest BCUT2D eigenvalue weighted by molar-refractivity contribution is -0.113. The molecule has 1 heterocycles. The van der Waals surface area contributed by atoms with Crippen LogP contribution < -0.4 is 5.32 Å². The van der Waals surface area contributed by atoms with Crippen molar-refractivity contribution in [2.24, 2.45) is 0 Å². The second-order valence-corrected chi connectivity index (χ2v) is 7.98. The van der Waals surface area contributed by atoms with Crippen LogP contribution in [0, 0.1) is 13.8 Å². The third-order valence-electron chi connectivity index (χ3n) is 4.95. The molecule has 1 N–H and O–H groups in total. The van der Waals surface area contributed by atoms with Crippen molar-refractivity contribution in [3.63, 3.8) is 0 Å². The lowest BCUT2D eigenvalue weighted by Gasteiger charge is -2.19. The van der Waals surface area contributed by atoms with Gasteiger partial charge in [0.1, 0.15) is 0 Å². The van der Waals surface area contributed by atoms with E-state index in [0.29, 0.717) is 29.5 Å². The van der Waals surface area contributed by atoms with Crippen LogP contribution in [0.3, 0.4) is 0 Å². The number of rotatable bonds is 8. The second kappa shape index (κ2) is 10.2. The van der Waals surface area contributed by atoms with Crippen LogP contribution in [0.1, 0.15) is 35.3 Å². The molecule has 0 aliphatic carbocycles. The van der Waals surface area contributed by atoms with Gasteiger partial charge in [0.05, 0.1) is 11.4 Å². The first kappa shape index (κ1) is 22.5. The van der Waals surface area contributed by atoms with Gasteiger partial charge in [-0.05, 0) is 79.6 Å². The number of amides is 2. The molecule has 0 fully saturated rings. The number of hydrogen-bond acceptors (Lipinski definition) is 6. The third-order valence-corrected chi connectivity index (χ3v) is 5.87. The summed E-state index contributed by atoms with van der Waals surface area (Å²) in [4.78, 5) is 26.7. The van der Waals surface area contributed by atoms with E-state index in [9.17, 15) is 9.59 Å². The first-order valence-electron chi connectivity index (χ1n) is 10.1. The van der Waals surface area contributed by atoms with Crippen LogP contribution in [-0.4, -0.2) is 55.8 Å². The van der Waals surface area contributed by atoms with Gasteiger partial charge in [-0.2, -0.15) is 4.68 Å². The van der Waals surface area contributed by atoms with Crippen molar-refractivity contribution in [3.8, 4) is 5.69 Å². The number of aromatic nitrogens is 4. The van der Waals surface area contributed by atoms with Crippen molar-refractivity contribution < 1.29 is 9.59 Å². The van der Waals surface area contributed by atoms with E-state index in [1.54, 1.807) is 33.8 Å². The number of hydrogen-bond donors (Lipinski definition) is 1. The molecule has 9 heteroatoms. The molecular weight excluding hydrogens is 412 g/mol. The molecule has 0 saturated carbocycles. The molecule has 3 rings (SSSR count). The molecule has 0 aliphatic rings. The summed E-state index contributed by atoms with van der Waals surface area (Å²) in [5, 5.41) is 15.2. The maximum absolute atomic E-state index is 12.5. The number of carbonyl (C=O) groups is 2. The van der Waals surface area contributed by atoms with E-state index in [2.05, 4.69) is 20.8 Å². The predicted octanol–water partition coefficient (Wildman–Crippen LogP) is 3.49. The fourth-order valence-corrected chi connectivity index (χ4v) is 3.73. The van der Waals surface area contributed by atoms with Gasteiger partial charge in [-0.1, -0.05) is 23.9 Å². The number of carbonyl (C=O) groups excluding carboxylic acids is 2. The van der Waals surface area contributed by atoms with Gasteiger partial charge in [0.15, 0.2) is 0 Å². The van der Waals surface area contributed by atoms with Gasteiger partial charge in [0.2, 0.25) is 11.1 Å². The normalized spacial score (nSPS) is 10.7. The monoisotopic (exact) mass is 438 g/mol. The minimum Gasteiger partial charge on any atom is -0.339 e. The Morgan fingerprint density at radius 2 is 1.84 bits per heavy atom. The summed E-state index contributed by atoms with van der Waals surface area (Å²) < 4.78 is 1.62. The molecule has 2 amide bonds. The fraction of sp³-hybridized carbons (Fsp3) is 0.318. The predicted molar refractivity (Wildman–Crippen MR) is 122 cm³/mol. The highest BCUT2D eigenvalue weighted by Crippen LogP contribution is 2.21. The Balaban J connectivity index is 1.64. The average molecular weight is 439 g/mol. The second-order valence-electron chi connectivity index (χ2n) is 7.04. The van der Waals surface area contributed by atoms with E-state index in [-0.39, 0.29) is 17.6 Å². The Labute approximate surface area is 186 Å². The van der Waals surface area contributed by atoms with Gasteiger partial charge in [-0.3, -0.25) is 9.59 Å². The molecule has 0 saturated heterocycles. The minimum absolute atomic E-state index is 0.0527. The van der Waals surface area contributed by atoms with Crippen molar-refractivity contribution in [2.45, 2.75) is 32.9 Å². The number of tetrazole rings is 1. The molecule has 0 unspecified atom stereocenters. The number of nitrogens with one attached hydrogen (secondary N) is 1.